The van der Waals surface area contributed by atoms with Gasteiger partial charge in [0.15, 0.2) is 0 Å². The standard InChI is InChI=1S/C14H21ClN2O2/c1-16-9-10-17(2)14(18)8-5-11-19-13-7-4-3-6-12(13)15/h3-4,6-7,16H,5,8-11H2,1-2H3. The summed E-state index contributed by atoms with van der Waals surface area (Å²) in [6, 6.07) is 7.34. The first-order valence-corrected chi connectivity index (χ1v) is 6.79. The van der Waals surface area contributed by atoms with Gasteiger partial charge in [-0.2, -0.15) is 0 Å². The molecule has 0 radical (unpaired) electrons. The summed E-state index contributed by atoms with van der Waals surface area (Å²) in [4.78, 5) is 13.5. The molecule has 5 heteroatoms. The number of amides is 1. The van der Waals surface area contributed by atoms with Crippen LogP contribution in [0.2, 0.25) is 5.02 Å². The van der Waals surface area contributed by atoms with Crippen LogP contribution in [-0.4, -0.2) is 44.6 Å². The Balaban J connectivity index is 2.20. The summed E-state index contributed by atoms with van der Waals surface area (Å²) in [5.41, 5.74) is 0. The van der Waals surface area contributed by atoms with Crippen LogP contribution in [0, 0.1) is 0 Å². The zero-order chi connectivity index (χ0) is 14.1. The minimum Gasteiger partial charge on any atom is -0.492 e. The Labute approximate surface area is 119 Å². The maximum atomic E-state index is 11.7. The maximum absolute atomic E-state index is 11.7. The first-order valence-electron chi connectivity index (χ1n) is 6.41. The molecule has 0 atom stereocenters. The van der Waals surface area contributed by atoms with E-state index in [1.807, 2.05) is 32.3 Å². The van der Waals surface area contributed by atoms with Crippen molar-refractivity contribution >= 4 is 17.5 Å². The molecule has 106 valence electrons. The van der Waals surface area contributed by atoms with Crippen molar-refractivity contribution in [1.82, 2.24) is 10.2 Å². The van der Waals surface area contributed by atoms with Crippen molar-refractivity contribution in [2.24, 2.45) is 0 Å². The molecule has 0 unspecified atom stereocenters. The normalized spacial score (nSPS) is 10.3. The number of rotatable bonds is 8. The Kier molecular flexibility index (Phi) is 7.30. The number of carbonyl (C=O) groups excluding carboxylic acids is 1. The number of hydrogen-bond acceptors (Lipinski definition) is 3. The van der Waals surface area contributed by atoms with Crippen LogP contribution < -0.4 is 10.1 Å². The summed E-state index contributed by atoms with van der Waals surface area (Å²) in [6.07, 6.45) is 1.18. The van der Waals surface area contributed by atoms with Crippen molar-refractivity contribution in [2.45, 2.75) is 12.8 Å². The lowest BCUT2D eigenvalue weighted by Gasteiger charge is -2.16. The van der Waals surface area contributed by atoms with E-state index < -0.39 is 0 Å². The SMILES string of the molecule is CNCCN(C)C(=O)CCCOc1ccccc1Cl. The predicted octanol–water partition coefficient (Wildman–Crippen LogP) is 2.18. The number of ether oxygens (including phenoxy) is 1. The van der Waals surface area contributed by atoms with E-state index in [1.165, 1.54) is 0 Å². The molecule has 1 aromatic rings. The van der Waals surface area contributed by atoms with Crippen molar-refractivity contribution in [3.63, 3.8) is 0 Å². The first kappa shape index (κ1) is 15.8. The van der Waals surface area contributed by atoms with E-state index in [4.69, 9.17) is 16.3 Å². The highest BCUT2D eigenvalue weighted by Crippen LogP contribution is 2.23. The van der Waals surface area contributed by atoms with Crippen LogP contribution in [0.15, 0.2) is 24.3 Å². The molecule has 0 aromatic heterocycles. The van der Waals surface area contributed by atoms with E-state index in [1.54, 1.807) is 11.0 Å². The summed E-state index contributed by atoms with van der Waals surface area (Å²) < 4.78 is 5.53. The number of para-hydroxylation sites is 1. The number of nitrogens with zero attached hydrogens (tertiary/aromatic N) is 1. The lowest BCUT2D eigenvalue weighted by atomic mass is 10.3. The fourth-order valence-corrected chi connectivity index (χ4v) is 1.75. The minimum absolute atomic E-state index is 0.137. The quantitative estimate of drug-likeness (QED) is 0.744. The molecule has 1 aromatic carbocycles. The van der Waals surface area contributed by atoms with E-state index in [9.17, 15) is 4.79 Å². The molecule has 0 bridgehead atoms. The summed E-state index contributed by atoms with van der Waals surface area (Å²) in [5.74, 6) is 0.804. The molecule has 0 aliphatic rings. The molecule has 1 amide bonds. The summed E-state index contributed by atoms with van der Waals surface area (Å²) in [6.45, 7) is 2.02. The van der Waals surface area contributed by atoms with Gasteiger partial charge < -0.3 is 15.0 Å². The molecule has 4 nitrogen and oxygen atoms in total. The van der Waals surface area contributed by atoms with E-state index in [0.717, 1.165) is 13.1 Å². The number of halogens is 1. The number of benzene rings is 1. The van der Waals surface area contributed by atoms with Crippen LogP contribution in [0.5, 0.6) is 5.75 Å². The fraction of sp³-hybridized carbons (Fsp3) is 0.500. The van der Waals surface area contributed by atoms with Gasteiger partial charge in [-0.3, -0.25) is 4.79 Å². The smallest absolute Gasteiger partial charge is 0.222 e. The van der Waals surface area contributed by atoms with Crippen LogP contribution in [0.25, 0.3) is 0 Å². The third kappa shape index (κ3) is 5.94. The van der Waals surface area contributed by atoms with Crippen LogP contribution in [0.1, 0.15) is 12.8 Å². The van der Waals surface area contributed by atoms with E-state index in [0.29, 0.717) is 30.2 Å². The summed E-state index contributed by atoms with van der Waals surface area (Å²) >= 11 is 5.97. The predicted molar refractivity (Wildman–Crippen MR) is 77.7 cm³/mol. The first-order chi connectivity index (χ1) is 9.15. The zero-order valence-electron chi connectivity index (χ0n) is 11.5. The molecular weight excluding hydrogens is 264 g/mol. The van der Waals surface area contributed by atoms with Gasteiger partial charge in [-0.25, -0.2) is 0 Å². The lowest BCUT2D eigenvalue weighted by Crippen LogP contribution is -2.32. The van der Waals surface area contributed by atoms with Crippen molar-refractivity contribution in [3.8, 4) is 5.75 Å². The van der Waals surface area contributed by atoms with Gasteiger partial charge in [0.1, 0.15) is 5.75 Å². The topological polar surface area (TPSA) is 41.6 Å². The number of hydrogen-bond donors (Lipinski definition) is 1. The van der Waals surface area contributed by atoms with Crippen LogP contribution in [0.4, 0.5) is 0 Å². The molecule has 0 aliphatic carbocycles. The molecule has 0 heterocycles. The average Bonchev–Trinajstić information content (AvgIpc) is 2.42. The molecule has 1 rings (SSSR count). The third-order valence-corrected chi connectivity index (χ3v) is 3.06. The molecular formula is C14H21ClN2O2. The van der Waals surface area contributed by atoms with Crippen LogP contribution in [-0.2, 0) is 4.79 Å². The Morgan fingerprint density at radius 2 is 2.16 bits per heavy atom. The average molecular weight is 285 g/mol. The van der Waals surface area contributed by atoms with E-state index in [-0.39, 0.29) is 5.91 Å². The van der Waals surface area contributed by atoms with Crippen LogP contribution in [0.3, 0.4) is 0 Å². The second kappa shape index (κ2) is 8.77. The van der Waals surface area contributed by atoms with Gasteiger partial charge in [-0.1, -0.05) is 23.7 Å². The monoisotopic (exact) mass is 284 g/mol. The molecule has 19 heavy (non-hydrogen) atoms. The molecule has 0 saturated heterocycles. The highest BCUT2D eigenvalue weighted by Gasteiger charge is 2.07. The van der Waals surface area contributed by atoms with Gasteiger partial charge in [-0.05, 0) is 25.6 Å². The van der Waals surface area contributed by atoms with Crippen molar-refractivity contribution < 1.29 is 9.53 Å². The largest absolute Gasteiger partial charge is 0.492 e. The van der Waals surface area contributed by atoms with Gasteiger partial charge in [0.25, 0.3) is 0 Å². The van der Waals surface area contributed by atoms with Crippen molar-refractivity contribution in [2.75, 3.05) is 33.8 Å². The molecule has 0 fully saturated rings. The fourth-order valence-electron chi connectivity index (χ4n) is 1.56. The molecule has 0 spiro atoms. The van der Waals surface area contributed by atoms with Gasteiger partial charge in [0.05, 0.1) is 11.6 Å². The lowest BCUT2D eigenvalue weighted by molar-refractivity contribution is -0.130. The van der Waals surface area contributed by atoms with Crippen LogP contribution >= 0.6 is 11.6 Å². The maximum Gasteiger partial charge on any atom is 0.222 e. The van der Waals surface area contributed by atoms with Gasteiger partial charge in [-0.15, -0.1) is 0 Å². The highest BCUT2D eigenvalue weighted by molar-refractivity contribution is 6.32. The number of nitrogens with one attached hydrogen (secondary N) is 1. The molecule has 0 aliphatic heterocycles. The third-order valence-electron chi connectivity index (χ3n) is 2.75. The number of likely N-dealkylation sites (N-methyl/N-ethyl adjacent to an activating group) is 2. The van der Waals surface area contributed by atoms with Crippen molar-refractivity contribution in [3.05, 3.63) is 29.3 Å². The molecule has 0 saturated carbocycles. The zero-order valence-corrected chi connectivity index (χ0v) is 12.2. The Bertz CT molecular complexity index is 399. The number of carbonyl (C=O) groups is 1. The van der Waals surface area contributed by atoms with Gasteiger partial charge >= 0.3 is 0 Å². The van der Waals surface area contributed by atoms with Gasteiger partial charge in [0, 0.05) is 26.6 Å². The second-order valence-corrected chi connectivity index (χ2v) is 4.71. The molecule has 1 N–H and O–H groups in total. The summed E-state index contributed by atoms with van der Waals surface area (Å²) in [5, 5.41) is 3.61. The van der Waals surface area contributed by atoms with E-state index in [2.05, 4.69) is 5.32 Å². The summed E-state index contributed by atoms with van der Waals surface area (Å²) in [7, 11) is 3.68. The Morgan fingerprint density at radius 1 is 1.42 bits per heavy atom. The second-order valence-electron chi connectivity index (χ2n) is 4.30. The Hall–Kier alpha value is -1.26. The minimum atomic E-state index is 0.137. The highest BCUT2D eigenvalue weighted by atomic mass is 35.5. The van der Waals surface area contributed by atoms with E-state index >= 15 is 0 Å². The Morgan fingerprint density at radius 3 is 2.84 bits per heavy atom. The van der Waals surface area contributed by atoms with Gasteiger partial charge in [0.2, 0.25) is 5.91 Å². The van der Waals surface area contributed by atoms with Crippen molar-refractivity contribution in [1.29, 1.82) is 0 Å².